The summed E-state index contributed by atoms with van der Waals surface area (Å²) >= 11 is 0. The van der Waals surface area contributed by atoms with Gasteiger partial charge in [-0.1, -0.05) is 6.07 Å². The van der Waals surface area contributed by atoms with Crippen LogP contribution in [0.2, 0.25) is 0 Å². The Morgan fingerprint density at radius 1 is 1.08 bits per heavy atom. The second-order valence-corrected chi connectivity index (χ2v) is 4.62. The third-order valence-corrected chi connectivity index (χ3v) is 2.96. The van der Waals surface area contributed by atoms with E-state index in [0.717, 1.165) is 0 Å². The third kappa shape index (κ3) is 5.18. The SMILES string of the molecule is CCOC(=O)C(F)(F)[C@H](N)c1ccc(C(F)(F)F)cc1C(F)(F)F.Cl. The standard InChI is InChI=1S/C13H11F8NO2.ClH/c1-2-24-10(23)11(14,15)9(22)7-4-3-6(12(16,17)18)5-8(7)13(19,20)21;/h3-5,9H,2,22H2,1H3;1H/t9-;/m1./s1. The summed E-state index contributed by atoms with van der Waals surface area (Å²) < 4.78 is 108. The summed E-state index contributed by atoms with van der Waals surface area (Å²) in [7, 11) is 0. The van der Waals surface area contributed by atoms with Gasteiger partial charge in [0.2, 0.25) is 0 Å². The van der Waals surface area contributed by atoms with Crippen molar-refractivity contribution >= 4 is 18.4 Å². The highest BCUT2D eigenvalue weighted by molar-refractivity contribution is 5.85. The zero-order chi connectivity index (χ0) is 18.9. The van der Waals surface area contributed by atoms with Crippen LogP contribution < -0.4 is 5.73 Å². The summed E-state index contributed by atoms with van der Waals surface area (Å²) in [6.45, 7) is 0.694. The first-order valence-electron chi connectivity index (χ1n) is 6.31. The van der Waals surface area contributed by atoms with E-state index < -0.39 is 53.6 Å². The van der Waals surface area contributed by atoms with E-state index in [9.17, 15) is 39.9 Å². The highest BCUT2D eigenvalue weighted by atomic mass is 35.5. The predicted octanol–water partition coefficient (Wildman–Crippen LogP) is 4.34. The zero-order valence-corrected chi connectivity index (χ0v) is 13.2. The Kier molecular flexibility index (Phi) is 7.23. The second kappa shape index (κ2) is 7.73. The Balaban J connectivity index is 0.00000576. The molecule has 1 rings (SSSR count). The van der Waals surface area contributed by atoms with Gasteiger partial charge in [0.25, 0.3) is 0 Å². The molecule has 1 atom stereocenters. The molecule has 3 nitrogen and oxygen atoms in total. The van der Waals surface area contributed by atoms with Crippen molar-refractivity contribution in [3.05, 3.63) is 34.9 Å². The van der Waals surface area contributed by atoms with E-state index in [0.29, 0.717) is 0 Å². The van der Waals surface area contributed by atoms with Gasteiger partial charge in [0.1, 0.15) is 6.04 Å². The van der Waals surface area contributed by atoms with Crippen LogP contribution in [-0.4, -0.2) is 18.5 Å². The molecule has 0 unspecified atom stereocenters. The van der Waals surface area contributed by atoms with Crippen LogP contribution in [-0.2, 0) is 21.9 Å². The van der Waals surface area contributed by atoms with Gasteiger partial charge in [-0.25, -0.2) is 4.79 Å². The molecule has 0 amide bonds. The Morgan fingerprint density at radius 3 is 2.00 bits per heavy atom. The topological polar surface area (TPSA) is 52.3 Å². The third-order valence-electron chi connectivity index (χ3n) is 2.96. The molecule has 0 saturated heterocycles. The number of ether oxygens (including phenoxy) is 1. The van der Waals surface area contributed by atoms with Crippen molar-refractivity contribution < 1.29 is 44.7 Å². The van der Waals surface area contributed by atoms with E-state index in [1.807, 2.05) is 0 Å². The van der Waals surface area contributed by atoms with E-state index in [1.165, 1.54) is 6.92 Å². The van der Waals surface area contributed by atoms with Crippen LogP contribution in [0.5, 0.6) is 0 Å². The minimum atomic E-state index is -5.39. The molecule has 0 heterocycles. The summed E-state index contributed by atoms with van der Waals surface area (Å²) in [5.41, 5.74) is -0.0200. The molecular formula is C13H12ClF8NO2. The fraction of sp³-hybridized carbons (Fsp3) is 0.462. The Labute approximate surface area is 142 Å². The molecule has 2 N–H and O–H groups in total. The molecule has 144 valence electrons. The molecular weight excluding hydrogens is 390 g/mol. The highest BCUT2D eigenvalue weighted by Crippen LogP contribution is 2.42. The fourth-order valence-corrected chi connectivity index (χ4v) is 1.80. The molecule has 0 aliphatic heterocycles. The molecule has 0 radical (unpaired) electrons. The number of benzene rings is 1. The number of esters is 1. The summed E-state index contributed by atoms with van der Waals surface area (Å²) in [5, 5.41) is 0. The average Bonchev–Trinajstić information content (AvgIpc) is 2.44. The number of alkyl halides is 8. The lowest BCUT2D eigenvalue weighted by atomic mass is 9.94. The Hall–Kier alpha value is -1.62. The molecule has 0 bridgehead atoms. The van der Waals surface area contributed by atoms with Gasteiger partial charge in [-0.2, -0.15) is 35.1 Å². The predicted molar refractivity (Wildman–Crippen MR) is 72.2 cm³/mol. The van der Waals surface area contributed by atoms with Gasteiger partial charge >= 0.3 is 24.2 Å². The lowest BCUT2D eigenvalue weighted by molar-refractivity contribution is -0.175. The molecule has 0 aromatic heterocycles. The van der Waals surface area contributed by atoms with Crippen molar-refractivity contribution in [2.75, 3.05) is 6.61 Å². The van der Waals surface area contributed by atoms with Gasteiger partial charge in [0.05, 0.1) is 17.7 Å². The largest absolute Gasteiger partial charge is 0.462 e. The van der Waals surface area contributed by atoms with Crippen molar-refractivity contribution in [3.8, 4) is 0 Å². The maximum absolute atomic E-state index is 13.8. The van der Waals surface area contributed by atoms with Gasteiger partial charge in [-0.05, 0) is 24.6 Å². The van der Waals surface area contributed by atoms with Crippen molar-refractivity contribution in [2.45, 2.75) is 31.2 Å². The maximum atomic E-state index is 13.8. The van der Waals surface area contributed by atoms with E-state index in [-0.39, 0.29) is 30.6 Å². The number of halogens is 9. The lowest BCUT2D eigenvalue weighted by Gasteiger charge is -2.25. The van der Waals surface area contributed by atoms with Crippen LogP contribution in [0.1, 0.15) is 29.7 Å². The van der Waals surface area contributed by atoms with Gasteiger partial charge in [0, 0.05) is 0 Å². The van der Waals surface area contributed by atoms with Crippen molar-refractivity contribution in [2.24, 2.45) is 5.73 Å². The summed E-state index contributed by atoms with van der Waals surface area (Å²) in [6, 6.07) is -2.83. The smallest absolute Gasteiger partial charge is 0.416 e. The molecule has 25 heavy (non-hydrogen) atoms. The molecule has 12 heteroatoms. The first-order valence-corrected chi connectivity index (χ1v) is 6.31. The summed E-state index contributed by atoms with van der Waals surface area (Å²) in [4.78, 5) is 11.2. The average molecular weight is 402 g/mol. The molecule has 1 aromatic carbocycles. The zero-order valence-electron chi connectivity index (χ0n) is 12.3. The van der Waals surface area contributed by atoms with Crippen LogP contribution in [0, 0.1) is 0 Å². The first-order chi connectivity index (χ1) is 10.7. The second-order valence-electron chi connectivity index (χ2n) is 4.62. The van der Waals surface area contributed by atoms with E-state index in [1.54, 1.807) is 0 Å². The first kappa shape index (κ1) is 23.4. The molecule has 0 aliphatic rings. The van der Waals surface area contributed by atoms with Crippen LogP contribution in [0.4, 0.5) is 35.1 Å². The molecule has 0 spiro atoms. The van der Waals surface area contributed by atoms with Crippen LogP contribution >= 0.6 is 12.4 Å². The number of nitrogens with two attached hydrogens (primary N) is 1. The maximum Gasteiger partial charge on any atom is 0.416 e. The Bertz CT molecular complexity index is 615. The molecule has 1 aromatic rings. The minimum Gasteiger partial charge on any atom is -0.462 e. The van der Waals surface area contributed by atoms with Crippen molar-refractivity contribution in [1.82, 2.24) is 0 Å². The molecule has 0 fully saturated rings. The minimum absolute atomic E-state index is 0. The van der Waals surface area contributed by atoms with E-state index in [4.69, 9.17) is 5.73 Å². The number of hydrogen-bond donors (Lipinski definition) is 1. The van der Waals surface area contributed by atoms with Gasteiger partial charge in [-0.15, -0.1) is 12.4 Å². The van der Waals surface area contributed by atoms with Gasteiger partial charge in [0.15, 0.2) is 0 Å². The van der Waals surface area contributed by atoms with Crippen molar-refractivity contribution in [1.29, 1.82) is 0 Å². The van der Waals surface area contributed by atoms with Crippen LogP contribution in [0.15, 0.2) is 18.2 Å². The molecule has 0 saturated carbocycles. The number of carbonyl (C=O) groups is 1. The van der Waals surface area contributed by atoms with Gasteiger partial charge < -0.3 is 10.5 Å². The van der Waals surface area contributed by atoms with Crippen molar-refractivity contribution in [3.63, 3.8) is 0 Å². The molecule has 0 aliphatic carbocycles. The van der Waals surface area contributed by atoms with Gasteiger partial charge in [-0.3, -0.25) is 0 Å². The van der Waals surface area contributed by atoms with Crippen LogP contribution in [0.3, 0.4) is 0 Å². The highest BCUT2D eigenvalue weighted by Gasteiger charge is 2.50. The lowest BCUT2D eigenvalue weighted by Crippen LogP contribution is -2.42. The number of hydrogen-bond acceptors (Lipinski definition) is 3. The van der Waals surface area contributed by atoms with E-state index in [2.05, 4.69) is 4.74 Å². The monoisotopic (exact) mass is 401 g/mol. The number of carbonyl (C=O) groups excluding carboxylic acids is 1. The number of rotatable bonds is 4. The van der Waals surface area contributed by atoms with E-state index >= 15 is 0 Å². The fourth-order valence-electron chi connectivity index (χ4n) is 1.80. The normalized spacial score (nSPS) is 13.8. The summed E-state index contributed by atoms with van der Waals surface area (Å²) in [6.07, 6.45) is -10.5. The quantitative estimate of drug-likeness (QED) is 0.603. The van der Waals surface area contributed by atoms with Crippen LogP contribution in [0.25, 0.3) is 0 Å². The Morgan fingerprint density at radius 2 is 1.60 bits per heavy atom. The summed E-state index contributed by atoms with van der Waals surface area (Å²) in [5.74, 6) is -6.74.